The summed E-state index contributed by atoms with van der Waals surface area (Å²) in [5.74, 6) is -0.827. The van der Waals surface area contributed by atoms with Crippen LogP contribution < -0.4 is 5.32 Å². The molecule has 8 heteroatoms. The third kappa shape index (κ3) is 4.85. The Balaban J connectivity index is 2.03. The molecule has 0 bridgehead atoms. The number of unbranched alkanes of at least 4 members (excludes halogenated alkanes) is 4. The first-order valence-electron chi connectivity index (χ1n) is 8.87. The third-order valence-electron chi connectivity index (χ3n) is 4.34. The maximum Gasteiger partial charge on any atom is 0.352 e. The standard InChI is InChI=1S/C18H26N2O4S2/c1-3-4-5-6-7-8-9-12-10-26-17-14(19-13(21)11-25-2)16(22)20(17)15(12)18(23)24/h8-9,14,17H,3-7,10-11H2,1-2H3,(H,19,21)(H,23,24)/b9-8+. The van der Waals surface area contributed by atoms with Crippen LogP contribution >= 0.6 is 23.5 Å². The Bertz CT molecular complexity index is 618. The van der Waals surface area contributed by atoms with Gasteiger partial charge in [-0.3, -0.25) is 14.5 Å². The van der Waals surface area contributed by atoms with Gasteiger partial charge < -0.3 is 10.4 Å². The highest BCUT2D eigenvalue weighted by Gasteiger charge is 2.53. The number of carbonyl (C=O) groups excluding carboxylic acids is 2. The Morgan fingerprint density at radius 2 is 2.15 bits per heavy atom. The average Bonchev–Trinajstić information content (AvgIpc) is 2.62. The van der Waals surface area contributed by atoms with Gasteiger partial charge in [0.25, 0.3) is 5.91 Å². The van der Waals surface area contributed by atoms with Crippen molar-refractivity contribution < 1.29 is 19.5 Å². The molecule has 144 valence electrons. The molecule has 2 unspecified atom stereocenters. The molecule has 0 aromatic carbocycles. The Morgan fingerprint density at radius 1 is 1.38 bits per heavy atom. The zero-order valence-electron chi connectivity index (χ0n) is 15.2. The number of aliphatic carboxylic acids is 1. The molecule has 6 nitrogen and oxygen atoms in total. The van der Waals surface area contributed by atoms with E-state index in [4.69, 9.17) is 0 Å². The van der Waals surface area contributed by atoms with Crippen molar-refractivity contribution in [1.82, 2.24) is 10.2 Å². The molecule has 0 radical (unpaired) electrons. The number of amides is 2. The highest BCUT2D eigenvalue weighted by atomic mass is 32.2. The highest BCUT2D eigenvalue weighted by molar-refractivity contribution is 8.00. The zero-order valence-corrected chi connectivity index (χ0v) is 16.8. The minimum Gasteiger partial charge on any atom is -0.477 e. The van der Waals surface area contributed by atoms with Crippen molar-refractivity contribution in [2.75, 3.05) is 17.8 Å². The molecule has 0 spiro atoms. The van der Waals surface area contributed by atoms with Crippen molar-refractivity contribution in [2.45, 2.75) is 50.4 Å². The van der Waals surface area contributed by atoms with E-state index < -0.39 is 12.0 Å². The van der Waals surface area contributed by atoms with Crippen molar-refractivity contribution in [1.29, 1.82) is 0 Å². The number of nitrogens with zero attached hydrogens (tertiary/aromatic N) is 1. The van der Waals surface area contributed by atoms with E-state index in [1.807, 2.05) is 18.4 Å². The first kappa shape index (κ1) is 20.9. The number of β-lactam (4-membered cyclic amide) rings is 1. The molecule has 0 aromatic rings. The van der Waals surface area contributed by atoms with Crippen LogP contribution in [0.5, 0.6) is 0 Å². The Hall–Kier alpha value is -1.41. The molecule has 0 aliphatic carbocycles. The van der Waals surface area contributed by atoms with Crippen LogP contribution in [0.25, 0.3) is 0 Å². The lowest BCUT2D eigenvalue weighted by Gasteiger charge is -2.49. The number of fused-ring (bicyclic) bond motifs is 1. The summed E-state index contributed by atoms with van der Waals surface area (Å²) in [6.07, 6.45) is 11.2. The van der Waals surface area contributed by atoms with E-state index in [0.29, 0.717) is 11.3 Å². The molecule has 2 aliphatic heterocycles. The van der Waals surface area contributed by atoms with Gasteiger partial charge in [-0.1, -0.05) is 38.3 Å². The van der Waals surface area contributed by atoms with Crippen molar-refractivity contribution in [2.24, 2.45) is 0 Å². The van der Waals surface area contributed by atoms with Crippen LogP contribution in [0.3, 0.4) is 0 Å². The molecule has 0 saturated carbocycles. The molecule has 2 atom stereocenters. The molecule has 2 rings (SSSR count). The minimum atomic E-state index is -1.09. The normalized spacial score (nSPS) is 22.4. The summed E-state index contributed by atoms with van der Waals surface area (Å²) >= 11 is 2.88. The number of hydrogen-bond donors (Lipinski definition) is 2. The predicted molar refractivity (Wildman–Crippen MR) is 106 cm³/mol. The molecule has 26 heavy (non-hydrogen) atoms. The molecule has 1 saturated heterocycles. The number of rotatable bonds is 10. The van der Waals surface area contributed by atoms with Gasteiger partial charge in [0, 0.05) is 5.75 Å². The maximum atomic E-state index is 12.4. The molecular formula is C18H26N2O4S2. The van der Waals surface area contributed by atoms with Gasteiger partial charge in [-0.05, 0) is 24.7 Å². The molecule has 2 amide bonds. The number of thioether (sulfide) groups is 2. The lowest BCUT2D eigenvalue weighted by atomic mass is 10.0. The van der Waals surface area contributed by atoms with Gasteiger partial charge in [-0.15, -0.1) is 11.8 Å². The van der Waals surface area contributed by atoms with Crippen LogP contribution in [0.2, 0.25) is 0 Å². The molecular weight excluding hydrogens is 372 g/mol. The second-order valence-electron chi connectivity index (χ2n) is 6.32. The van der Waals surface area contributed by atoms with E-state index in [2.05, 4.69) is 12.2 Å². The highest BCUT2D eigenvalue weighted by Crippen LogP contribution is 2.40. The summed E-state index contributed by atoms with van der Waals surface area (Å²) in [7, 11) is 0. The predicted octanol–water partition coefficient (Wildman–Crippen LogP) is 2.61. The SMILES string of the molecule is CCCCCC/C=C/C1=C(C(=O)O)N2C(=O)C(NC(=O)CSC)C2SC1. The van der Waals surface area contributed by atoms with Crippen LogP contribution in [-0.2, 0) is 14.4 Å². The Morgan fingerprint density at radius 3 is 2.81 bits per heavy atom. The number of carboxylic acid groups (broad SMARTS) is 1. The second-order valence-corrected chi connectivity index (χ2v) is 8.29. The summed E-state index contributed by atoms with van der Waals surface area (Å²) in [4.78, 5) is 37.2. The molecule has 0 aromatic heterocycles. The fraction of sp³-hybridized carbons (Fsp3) is 0.611. The van der Waals surface area contributed by atoms with Gasteiger partial charge >= 0.3 is 5.97 Å². The van der Waals surface area contributed by atoms with E-state index in [-0.39, 0.29) is 28.6 Å². The summed E-state index contributed by atoms with van der Waals surface area (Å²) in [6, 6.07) is -0.631. The molecule has 2 heterocycles. The largest absolute Gasteiger partial charge is 0.477 e. The smallest absolute Gasteiger partial charge is 0.352 e. The fourth-order valence-corrected chi connectivity index (χ4v) is 4.70. The lowest BCUT2D eigenvalue weighted by molar-refractivity contribution is -0.150. The molecule has 2 N–H and O–H groups in total. The molecule has 1 fully saturated rings. The second kappa shape index (κ2) is 10.1. The monoisotopic (exact) mass is 398 g/mol. The maximum absolute atomic E-state index is 12.4. The topological polar surface area (TPSA) is 86.7 Å². The van der Waals surface area contributed by atoms with Gasteiger partial charge in [-0.2, -0.15) is 11.8 Å². The summed E-state index contributed by atoms with van der Waals surface area (Å²) in [6.45, 7) is 2.16. The van der Waals surface area contributed by atoms with E-state index in [9.17, 15) is 19.5 Å². The zero-order chi connectivity index (χ0) is 19.1. The summed E-state index contributed by atoms with van der Waals surface area (Å²) in [5, 5.41) is 12.0. The van der Waals surface area contributed by atoms with Gasteiger partial charge in [0.1, 0.15) is 17.1 Å². The van der Waals surface area contributed by atoms with Crippen LogP contribution in [0.15, 0.2) is 23.4 Å². The fourth-order valence-electron chi connectivity index (χ4n) is 3.03. The Kier molecular flexibility index (Phi) is 8.09. The van der Waals surface area contributed by atoms with Crippen LogP contribution in [-0.4, -0.2) is 57.0 Å². The summed E-state index contributed by atoms with van der Waals surface area (Å²) in [5.41, 5.74) is 0.718. The average molecular weight is 399 g/mol. The minimum absolute atomic E-state index is 0.0546. The van der Waals surface area contributed by atoms with Crippen LogP contribution in [0.1, 0.15) is 39.0 Å². The van der Waals surface area contributed by atoms with E-state index in [1.165, 1.54) is 47.7 Å². The van der Waals surface area contributed by atoms with Gasteiger partial charge in [0.15, 0.2) is 0 Å². The number of hydrogen-bond acceptors (Lipinski definition) is 5. The van der Waals surface area contributed by atoms with Crippen molar-refractivity contribution in [3.63, 3.8) is 0 Å². The molecule has 2 aliphatic rings. The van der Waals surface area contributed by atoms with Gasteiger partial charge in [0.05, 0.1) is 5.75 Å². The summed E-state index contributed by atoms with van der Waals surface area (Å²) < 4.78 is 0. The van der Waals surface area contributed by atoms with Crippen LogP contribution in [0.4, 0.5) is 0 Å². The third-order valence-corrected chi connectivity index (χ3v) is 6.19. The van der Waals surface area contributed by atoms with E-state index in [1.54, 1.807) is 0 Å². The van der Waals surface area contributed by atoms with Gasteiger partial charge in [-0.25, -0.2) is 4.79 Å². The van der Waals surface area contributed by atoms with E-state index in [0.717, 1.165) is 12.8 Å². The van der Waals surface area contributed by atoms with Crippen molar-refractivity contribution in [3.8, 4) is 0 Å². The van der Waals surface area contributed by atoms with Crippen molar-refractivity contribution >= 4 is 41.3 Å². The first-order chi connectivity index (χ1) is 12.5. The quantitative estimate of drug-likeness (QED) is 0.435. The van der Waals surface area contributed by atoms with Crippen LogP contribution in [0, 0.1) is 0 Å². The van der Waals surface area contributed by atoms with Gasteiger partial charge in [0.2, 0.25) is 5.91 Å². The lowest BCUT2D eigenvalue weighted by Crippen LogP contribution is -2.70. The number of allylic oxidation sites excluding steroid dienone is 2. The van der Waals surface area contributed by atoms with Crippen molar-refractivity contribution in [3.05, 3.63) is 23.4 Å². The van der Waals surface area contributed by atoms with E-state index >= 15 is 0 Å². The first-order valence-corrected chi connectivity index (χ1v) is 11.3. The Labute approximate surface area is 162 Å². The number of carboxylic acids is 1. The number of nitrogens with one attached hydrogen (secondary N) is 1. The number of carbonyl (C=O) groups is 3.